The number of aromatic nitrogens is 3. The molecule has 180 valence electrons. The van der Waals surface area contributed by atoms with Crippen molar-refractivity contribution in [1.29, 1.82) is 0 Å². The number of ether oxygens (including phenoxy) is 1. The standard InChI is InChI=1S/C22H15F3N4O6/c23-22(24,25)15-16(10-4-2-1-3-5-10)28-34-18(15)20-27-19(29-35-20)11-6-7-12-14(8-11)33-9-13(17(12)30)26-21(31)32/h1-8,13,17,26,30H,9H2,(H,31,32)/t13-,17-/m1/s1. The van der Waals surface area contributed by atoms with Gasteiger partial charge in [-0.3, -0.25) is 0 Å². The number of fused-ring (bicyclic) bond motifs is 1. The Hall–Kier alpha value is -4.39. The first-order valence-corrected chi connectivity index (χ1v) is 10.1. The summed E-state index contributed by atoms with van der Waals surface area (Å²) < 4.78 is 57.3. The number of benzene rings is 2. The summed E-state index contributed by atoms with van der Waals surface area (Å²) in [7, 11) is 0. The number of halogens is 3. The maximum absolute atomic E-state index is 13.9. The number of aliphatic hydroxyl groups excluding tert-OH is 1. The van der Waals surface area contributed by atoms with Crippen molar-refractivity contribution in [3.8, 4) is 40.0 Å². The van der Waals surface area contributed by atoms with Crippen molar-refractivity contribution in [2.24, 2.45) is 0 Å². The minimum absolute atomic E-state index is 0.0579. The van der Waals surface area contributed by atoms with Gasteiger partial charge in [0.2, 0.25) is 11.6 Å². The van der Waals surface area contributed by atoms with Crippen molar-refractivity contribution < 1.29 is 42.0 Å². The van der Waals surface area contributed by atoms with Crippen molar-refractivity contribution in [2.75, 3.05) is 6.61 Å². The monoisotopic (exact) mass is 488 g/mol. The van der Waals surface area contributed by atoms with Crippen LogP contribution in [0.3, 0.4) is 0 Å². The molecule has 0 spiro atoms. The van der Waals surface area contributed by atoms with Crippen LogP contribution >= 0.6 is 0 Å². The minimum atomic E-state index is -4.81. The molecular formula is C22H15F3N4O6. The van der Waals surface area contributed by atoms with Gasteiger partial charge in [0, 0.05) is 16.7 Å². The smallest absolute Gasteiger partial charge is 0.422 e. The van der Waals surface area contributed by atoms with E-state index in [0.29, 0.717) is 11.1 Å². The molecule has 1 amide bonds. The molecule has 4 aromatic rings. The molecule has 0 aliphatic carbocycles. The molecule has 1 aliphatic rings. The lowest BCUT2D eigenvalue weighted by Crippen LogP contribution is -2.45. The predicted molar refractivity (Wildman–Crippen MR) is 111 cm³/mol. The maximum atomic E-state index is 13.9. The average Bonchev–Trinajstić information content (AvgIpc) is 3.48. The Balaban J connectivity index is 1.48. The third-order valence-electron chi connectivity index (χ3n) is 5.34. The number of carboxylic acid groups (broad SMARTS) is 1. The molecule has 2 aromatic heterocycles. The van der Waals surface area contributed by atoms with Gasteiger partial charge in [0.25, 0.3) is 5.89 Å². The van der Waals surface area contributed by atoms with E-state index in [-0.39, 0.29) is 23.7 Å². The van der Waals surface area contributed by atoms with Crippen LogP contribution in [0.25, 0.3) is 34.3 Å². The Morgan fingerprint density at radius 1 is 1.06 bits per heavy atom. The third-order valence-corrected chi connectivity index (χ3v) is 5.34. The third kappa shape index (κ3) is 4.17. The van der Waals surface area contributed by atoms with Gasteiger partial charge in [-0.1, -0.05) is 52.8 Å². The zero-order chi connectivity index (χ0) is 24.7. The second-order valence-electron chi connectivity index (χ2n) is 7.59. The van der Waals surface area contributed by atoms with Crippen LogP contribution in [-0.2, 0) is 6.18 Å². The number of nitrogens with zero attached hydrogens (tertiary/aromatic N) is 3. The first-order valence-electron chi connectivity index (χ1n) is 10.1. The SMILES string of the molecule is O=C(O)N[C@@H]1COc2cc(-c3noc(-c4onc(-c5ccccc5)c4C(F)(F)F)n3)ccc2[C@H]1O. The van der Waals surface area contributed by atoms with Crippen LogP contribution in [0.1, 0.15) is 17.2 Å². The minimum Gasteiger partial charge on any atom is -0.491 e. The van der Waals surface area contributed by atoms with Gasteiger partial charge in [0.1, 0.15) is 29.7 Å². The van der Waals surface area contributed by atoms with Crippen LogP contribution in [-0.4, -0.2) is 44.3 Å². The van der Waals surface area contributed by atoms with Crippen LogP contribution in [0.5, 0.6) is 5.75 Å². The molecule has 1 aliphatic heterocycles. The number of hydrogen-bond acceptors (Lipinski definition) is 8. The topological polar surface area (TPSA) is 144 Å². The quantitative estimate of drug-likeness (QED) is 0.386. The Bertz CT molecular complexity index is 1390. The predicted octanol–water partition coefficient (Wildman–Crippen LogP) is 4.14. The van der Waals surface area contributed by atoms with Crippen LogP contribution < -0.4 is 10.1 Å². The van der Waals surface area contributed by atoms with E-state index in [1.54, 1.807) is 18.2 Å². The van der Waals surface area contributed by atoms with Crippen LogP contribution in [0.2, 0.25) is 0 Å². The Morgan fingerprint density at radius 2 is 1.83 bits per heavy atom. The molecule has 13 heteroatoms. The Labute approximate surface area is 193 Å². The summed E-state index contributed by atoms with van der Waals surface area (Å²) in [4.78, 5) is 14.9. The van der Waals surface area contributed by atoms with Gasteiger partial charge in [0.15, 0.2) is 0 Å². The highest BCUT2D eigenvalue weighted by atomic mass is 19.4. The average molecular weight is 488 g/mol. The molecule has 0 bridgehead atoms. The number of alkyl halides is 3. The lowest BCUT2D eigenvalue weighted by molar-refractivity contribution is -0.137. The molecule has 0 saturated heterocycles. The van der Waals surface area contributed by atoms with E-state index in [4.69, 9.17) is 18.9 Å². The van der Waals surface area contributed by atoms with E-state index < -0.39 is 47.3 Å². The molecule has 35 heavy (non-hydrogen) atoms. The van der Waals surface area contributed by atoms with E-state index in [0.717, 1.165) is 0 Å². The lowest BCUT2D eigenvalue weighted by Gasteiger charge is -2.30. The van der Waals surface area contributed by atoms with Crippen molar-refractivity contribution in [3.63, 3.8) is 0 Å². The van der Waals surface area contributed by atoms with Crippen LogP contribution in [0.4, 0.5) is 18.0 Å². The largest absolute Gasteiger partial charge is 0.491 e. The maximum Gasteiger partial charge on any atom is 0.422 e. The van der Waals surface area contributed by atoms with E-state index in [2.05, 4.69) is 20.6 Å². The van der Waals surface area contributed by atoms with E-state index in [9.17, 15) is 23.1 Å². The number of aliphatic hydroxyl groups is 1. The second kappa shape index (κ2) is 8.43. The van der Waals surface area contributed by atoms with Crippen molar-refractivity contribution in [2.45, 2.75) is 18.3 Å². The molecule has 3 heterocycles. The molecule has 3 N–H and O–H groups in total. The highest BCUT2D eigenvalue weighted by Crippen LogP contribution is 2.43. The fourth-order valence-electron chi connectivity index (χ4n) is 3.73. The molecule has 2 aromatic carbocycles. The zero-order valence-electron chi connectivity index (χ0n) is 17.5. The van der Waals surface area contributed by atoms with Crippen molar-refractivity contribution in [3.05, 3.63) is 59.7 Å². The molecular weight excluding hydrogens is 473 g/mol. The number of rotatable bonds is 4. The molecule has 0 saturated carbocycles. The number of carbonyl (C=O) groups is 1. The van der Waals surface area contributed by atoms with Gasteiger partial charge in [-0.25, -0.2) is 4.79 Å². The summed E-state index contributed by atoms with van der Waals surface area (Å²) in [5, 5.41) is 28.8. The Kier molecular flexibility index (Phi) is 5.40. The summed E-state index contributed by atoms with van der Waals surface area (Å²) >= 11 is 0. The number of amides is 1. The van der Waals surface area contributed by atoms with Gasteiger partial charge in [-0.2, -0.15) is 18.2 Å². The summed E-state index contributed by atoms with van der Waals surface area (Å²) in [5.41, 5.74) is -0.700. The van der Waals surface area contributed by atoms with E-state index in [1.165, 1.54) is 30.3 Å². The molecule has 0 radical (unpaired) electrons. The molecule has 5 rings (SSSR count). The number of hydrogen-bond donors (Lipinski definition) is 3. The normalized spacial score (nSPS) is 17.5. The van der Waals surface area contributed by atoms with Gasteiger partial charge in [0.05, 0.1) is 6.04 Å². The van der Waals surface area contributed by atoms with Crippen molar-refractivity contribution in [1.82, 2.24) is 20.6 Å². The molecule has 0 unspecified atom stereocenters. The highest BCUT2D eigenvalue weighted by Gasteiger charge is 2.43. The molecule has 0 fully saturated rings. The summed E-state index contributed by atoms with van der Waals surface area (Å²) in [5.74, 6) is -1.06. The van der Waals surface area contributed by atoms with Crippen LogP contribution in [0.15, 0.2) is 57.6 Å². The van der Waals surface area contributed by atoms with Crippen LogP contribution in [0, 0.1) is 0 Å². The second-order valence-corrected chi connectivity index (χ2v) is 7.59. The van der Waals surface area contributed by atoms with Gasteiger partial charge < -0.3 is 29.3 Å². The fourth-order valence-corrected chi connectivity index (χ4v) is 3.73. The zero-order valence-corrected chi connectivity index (χ0v) is 17.5. The first kappa shape index (κ1) is 22.4. The summed E-state index contributed by atoms with van der Waals surface area (Å²) in [6.45, 7) is -0.128. The van der Waals surface area contributed by atoms with E-state index >= 15 is 0 Å². The van der Waals surface area contributed by atoms with E-state index in [1.807, 2.05) is 0 Å². The van der Waals surface area contributed by atoms with Crippen molar-refractivity contribution >= 4 is 6.09 Å². The molecule has 10 nitrogen and oxygen atoms in total. The first-order chi connectivity index (χ1) is 16.7. The van der Waals surface area contributed by atoms with Gasteiger partial charge in [-0.15, -0.1) is 0 Å². The van der Waals surface area contributed by atoms with Gasteiger partial charge in [-0.05, 0) is 6.07 Å². The Morgan fingerprint density at radius 3 is 2.54 bits per heavy atom. The fraction of sp³-hybridized carbons (Fsp3) is 0.182. The van der Waals surface area contributed by atoms with Gasteiger partial charge >= 0.3 is 12.3 Å². The lowest BCUT2D eigenvalue weighted by atomic mass is 9.97. The summed E-state index contributed by atoms with van der Waals surface area (Å²) in [6.07, 6.45) is -7.28. The highest BCUT2D eigenvalue weighted by molar-refractivity contribution is 5.71. The molecule has 2 atom stereocenters. The summed E-state index contributed by atoms with van der Waals surface area (Å²) in [6, 6.07) is 11.3. The number of nitrogens with one attached hydrogen (secondary N) is 1.